The van der Waals surface area contributed by atoms with E-state index in [0.29, 0.717) is 28.0 Å². The van der Waals surface area contributed by atoms with Crippen LogP contribution < -0.4 is 5.32 Å². The molecule has 0 radical (unpaired) electrons. The first-order valence-electron chi connectivity index (χ1n) is 7.24. The molecule has 0 spiro atoms. The first-order chi connectivity index (χ1) is 11.7. The lowest BCUT2D eigenvalue weighted by Gasteiger charge is -2.06. The minimum atomic E-state index is -0.0801. The molecular formula is C16H14ClN5OS. The summed E-state index contributed by atoms with van der Waals surface area (Å²) in [7, 11) is 0. The highest BCUT2D eigenvalue weighted by Crippen LogP contribution is 2.19. The molecule has 1 amide bonds. The Balaban J connectivity index is 1.54. The van der Waals surface area contributed by atoms with Crippen molar-refractivity contribution >= 4 is 35.0 Å². The van der Waals surface area contributed by atoms with E-state index in [2.05, 4.69) is 20.8 Å². The molecule has 0 saturated heterocycles. The van der Waals surface area contributed by atoms with E-state index in [9.17, 15) is 4.79 Å². The molecule has 1 N–H and O–H groups in total. The van der Waals surface area contributed by atoms with Crippen LogP contribution in [0.3, 0.4) is 0 Å². The molecule has 122 valence electrons. The lowest BCUT2D eigenvalue weighted by Crippen LogP contribution is -2.12. The molecule has 24 heavy (non-hydrogen) atoms. The summed E-state index contributed by atoms with van der Waals surface area (Å²) in [5.74, 6) is 0.489. The fraction of sp³-hybridized carbons (Fsp3) is 0.125. The lowest BCUT2D eigenvalue weighted by atomic mass is 10.3. The van der Waals surface area contributed by atoms with Crippen molar-refractivity contribution < 1.29 is 4.79 Å². The van der Waals surface area contributed by atoms with Crippen LogP contribution in [0.15, 0.2) is 59.8 Å². The molecule has 0 saturated carbocycles. The Labute approximate surface area is 148 Å². The van der Waals surface area contributed by atoms with E-state index in [4.69, 9.17) is 11.6 Å². The first-order valence-corrected chi connectivity index (χ1v) is 8.61. The van der Waals surface area contributed by atoms with E-state index >= 15 is 0 Å². The van der Waals surface area contributed by atoms with Crippen LogP contribution in [0.4, 0.5) is 5.69 Å². The van der Waals surface area contributed by atoms with E-state index in [1.54, 1.807) is 28.9 Å². The van der Waals surface area contributed by atoms with Gasteiger partial charge in [-0.05, 0) is 40.8 Å². The molecule has 0 unspecified atom stereocenters. The van der Waals surface area contributed by atoms with Crippen molar-refractivity contribution in [3.63, 3.8) is 0 Å². The number of nitrogens with one attached hydrogen (secondary N) is 1. The molecule has 1 aromatic heterocycles. The number of amides is 1. The van der Waals surface area contributed by atoms with Gasteiger partial charge in [0, 0.05) is 22.9 Å². The number of carbonyl (C=O) groups is 1. The highest BCUT2D eigenvalue weighted by Gasteiger charge is 2.10. The zero-order valence-corrected chi connectivity index (χ0v) is 14.2. The van der Waals surface area contributed by atoms with Crippen LogP contribution in [-0.4, -0.2) is 31.9 Å². The molecule has 3 rings (SSSR count). The van der Waals surface area contributed by atoms with E-state index in [0.717, 1.165) is 5.69 Å². The predicted octanol–water partition coefficient (Wildman–Crippen LogP) is 3.44. The number of hydrogen-bond donors (Lipinski definition) is 1. The molecule has 1 heterocycles. The van der Waals surface area contributed by atoms with E-state index in [1.807, 2.05) is 30.3 Å². The van der Waals surface area contributed by atoms with Crippen molar-refractivity contribution in [1.82, 2.24) is 20.2 Å². The monoisotopic (exact) mass is 359 g/mol. The third-order valence-corrected chi connectivity index (χ3v) is 4.27. The number of anilines is 1. The van der Waals surface area contributed by atoms with Crippen LogP contribution in [-0.2, 0) is 4.79 Å². The quantitative estimate of drug-likeness (QED) is 0.682. The summed E-state index contributed by atoms with van der Waals surface area (Å²) in [6.07, 6.45) is 0.346. The number of nitrogens with zero attached hydrogens (tertiary/aromatic N) is 4. The minimum absolute atomic E-state index is 0.0801. The van der Waals surface area contributed by atoms with Gasteiger partial charge in [-0.2, -0.15) is 4.68 Å². The number of hydrogen-bond acceptors (Lipinski definition) is 5. The summed E-state index contributed by atoms with van der Waals surface area (Å²) in [6, 6.07) is 16.7. The second-order valence-electron chi connectivity index (χ2n) is 4.87. The second kappa shape index (κ2) is 7.94. The molecule has 0 aliphatic heterocycles. The number of halogens is 1. The maximum atomic E-state index is 12.0. The Kier molecular flexibility index (Phi) is 5.45. The van der Waals surface area contributed by atoms with Gasteiger partial charge in [0.05, 0.1) is 5.69 Å². The van der Waals surface area contributed by atoms with Crippen molar-refractivity contribution in [2.75, 3.05) is 11.1 Å². The Bertz CT molecular complexity index is 824. The topological polar surface area (TPSA) is 72.7 Å². The first kappa shape index (κ1) is 16.5. The van der Waals surface area contributed by atoms with E-state index in [1.165, 1.54) is 11.8 Å². The summed E-state index contributed by atoms with van der Waals surface area (Å²) in [4.78, 5) is 12.0. The van der Waals surface area contributed by atoms with Gasteiger partial charge in [-0.25, -0.2) is 0 Å². The fourth-order valence-corrected chi connectivity index (χ4v) is 3.04. The summed E-state index contributed by atoms with van der Waals surface area (Å²) in [5, 5.41) is 15.7. The van der Waals surface area contributed by atoms with Gasteiger partial charge in [-0.3, -0.25) is 4.79 Å². The molecule has 8 heteroatoms. The van der Waals surface area contributed by atoms with Crippen LogP contribution in [0.25, 0.3) is 5.69 Å². The van der Waals surface area contributed by atoms with Gasteiger partial charge in [0.25, 0.3) is 0 Å². The molecule has 2 aromatic carbocycles. The number of thioether (sulfide) groups is 1. The lowest BCUT2D eigenvalue weighted by molar-refractivity contribution is -0.115. The summed E-state index contributed by atoms with van der Waals surface area (Å²) >= 11 is 7.33. The molecule has 0 fully saturated rings. The third kappa shape index (κ3) is 4.33. The zero-order chi connectivity index (χ0) is 16.8. The maximum absolute atomic E-state index is 12.0. The standard InChI is InChI=1S/C16H14ClN5OS/c17-12-5-4-6-13(11-12)18-15(23)9-10-24-16-19-20-21-22(16)14-7-2-1-3-8-14/h1-8,11H,9-10H2,(H,18,23). The SMILES string of the molecule is O=C(CCSc1nnnn1-c1ccccc1)Nc1cccc(Cl)c1. The highest BCUT2D eigenvalue weighted by atomic mass is 35.5. The predicted molar refractivity (Wildman–Crippen MR) is 94.6 cm³/mol. The average molecular weight is 360 g/mol. The Morgan fingerprint density at radius 2 is 2.00 bits per heavy atom. The average Bonchev–Trinajstić information content (AvgIpc) is 3.04. The van der Waals surface area contributed by atoms with Crippen LogP contribution in [0.5, 0.6) is 0 Å². The smallest absolute Gasteiger partial charge is 0.225 e. The number of rotatable bonds is 6. The molecule has 0 atom stereocenters. The minimum Gasteiger partial charge on any atom is -0.326 e. The van der Waals surface area contributed by atoms with Crippen LogP contribution in [0.1, 0.15) is 6.42 Å². The Morgan fingerprint density at radius 1 is 1.17 bits per heavy atom. The van der Waals surface area contributed by atoms with Gasteiger partial charge < -0.3 is 5.32 Å². The number of tetrazole rings is 1. The van der Waals surface area contributed by atoms with Crippen molar-refractivity contribution in [2.45, 2.75) is 11.6 Å². The molecule has 0 bridgehead atoms. The van der Waals surface area contributed by atoms with Gasteiger partial charge in [0.15, 0.2) is 0 Å². The van der Waals surface area contributed by atoms with Crippen LogP contribution in [0, 0.1) is 0 Å². The van der Waals surface area contributed by atoms with Crippen molar-refractivity contribution in [2.24, 2.45) is 0 Å². The van der Waals surface area contributed by atoms with Crippen molar-refractivity contribution in [1.29, 1.82) is 0 Å². The Morgan fingerprint density at radius 3 is 2.79 bits per heavy atom. The largest absolute Gasteiger partial charge is 0.326 e. The van der Waals surface area contributed by atoms with Gasteiger partial charge in [0.1, 0.15) is 0 Å². The van der Waals surface area contributed by atoms with Crippen LogP contribution >= 0.6 is 23.4 Å². The van der Waals surface area contributed by atoms with E-state index in [-0.39, 0.29) is 5.91 Å². The summed E-state index contributed by atoms with van der Waals surface area (Å²) in [6.45, 7) is 0. The molecule has 0 aliphatic carbocycles. The number of para-hydroxylation sites is 1. The number of aromatic nitrogens is 4. The molecular weight excluding hydrogens is 346 g/mol. The normalized spacial score (nSPS) is 10.5. The van der Waals surface area contributed by atoms with Gasteiger partial charge in [-0.15, -0.1) is 5.10 Å². The van der Waals surface area contributed by atoms with Gasteiger partial charge in [0.2, 0.25) is 11.1 Å². The van der Waals surface area contributed by atoms with E-state index < -0.39 is 0 Å². The van der Waals surface area contributed by atoms with Gasteiger partial charge in [-0.1, -0.05) is 47.6 Å². The number of benzene rings is 2. The summed E-state index contributed by atoms with van der Waals surface area (Å²) < 4.78 is 1.65. The number of carbonyl (C=O) groups excluding carboxylic acids is 1. The van der Waals surface area contributed by atoms with Crippen LogP contribution in [0.2, 0.25) is 5.02 Å². The third-order valence-electron chi connectivity index (χ3n) is 3.11. The highest BCUT2D eigenvalue weighted by molar-refractivity contribution is 7.99. The zero-order valence-electron chi connectivity index (χ0n) is 12.6. The Hall–Kier alpha value is -2.38. The second-order valence-corrected chi connectivity index (χ2v) is 6.36. The van der Waals surface area contributed by atoms with Gasteiger partial charge >= 0.3 is 0 Å². The van der Waals surface area contributed by atoms with Crippen molar-refractivity contribution in [3.05, 3.63) is 59.6 Å². The summed E-state index contributed by atoms with van der Waals surface area (Å²) in [5.41, 5.74) is 1.57. The molecule has 0 aliphatic rings. The maximum Gasteiger partial charge on any atom is 0.225 e. The molecule has 6 nitrogen and oxygen atoms in total. The fourth-order valence-electron chi connectivity index (χ4n) is 2.02. The molecule has 3 aromatic rings. The van der Waals surface area contributed by atoms with Crippen molar-refractivity contribution in [3.8, 4) is 5.69 Å².